The van der Waals surface area contributed by atoms with Crippen molar-refractivity contribution in [1.82, 2.24) is 41.2 Å². The maximum atomic E-state index is 12.8. The number of hydrogen-bond donors (Lipinski definition) is 3. The molecule has 3 heterocycles. The van der Waals surface area contributed by atoms with Gasteiger partial charge in [-0.15, -0.1) is 21.5 Å². The molecule has 0 aliphatic carbocycles. The van der Waals surface area contributed by atoms with Gasteiger partial charge in [0.25, 0.3) is 11.8 Å². The Morgan fingerprint density at radius 1 is 1.03 bits per heavy atom. The fourth-order valence-corrected chi connectivity index (χ4v) is 4.56. The first-order valence-corrected chi connectivity index (χ1v) is 11.7. The van der Waals surface area contributed by atoms with Crippen LogP contribution in [0.25, 0.3) is 21.5 Å². The molecule has 0 bridgehead atoms. The van der Waals surface area contributed by atoms with Crippen LogP contribution in [0.15, 0.2) is 66.3 Å². The lowest BCUT2D eigenvalue weighted by Crippen LogP contribution is -2.29. The lowest BCUT2D eigenvalue weighted by molar-refractivity contribution is 0.0934. The largest absolute Gasteiger partial charge is 0.347 e. The van der Waals surface area contributed by atoms with Gasteiger partial charge in [0.05, 0.1) is 6.04 Å². The van der Waals surface area contributed by atoms with Crippen LogP contribution in [0.4, 0.5) is 0 Å². The van der Waals surface area contributed by atoms with Crippen LogP contribution in [-0.4, -0.2) is 42.4 Å². The zero-order chi connectivity index (χ0) is 24.2. The highest BCUT2D eigenvalue weighted by molar-refractivity contribution is 7.17. The maximum Gasteiger partial charge on any atom is 0.270 e. The third kappa shape index (κ3) is 4.89. The summed E-state index contributed by atoms with van der Waals surface area (Å²) in [4.78, 5) is 33.5. The summed E-state index contributed by atoms with van der Waals surface area (Å²) >= 11 is 1.63. The number of aromatic amines is 1. The molecule has 5 rings (SSSR count). The average Bonchev–Trinajstić information content (AvgIpc) is 3.58. The van der Waals surface area contributed by atoms with Crippen molar-refractivity contribution in [3.05, 3.63) is 88.8 Å². The molecule has 0 unspecified atom stereocenters. The Kier molecular flexibility index (Phi) is 6.22. The van der Waals surface area contributed by atoms with Crippen molar-refractivity contribution in [2.75, 3.05) is 0 Å². The number of aromatic nitrogens is 6. The van der Waals surface area contributed by atoms with Crippen molar-refractivity contribution < 1.29 is 9.59 Å². The average molecular weight is 485 g/mol. The van der Waals surface area contributed by atoms with Crippen molar-refractivity contribution in [1.29, 1.82) is 0 Å². The van der Waals surface area contributed by atoms with Crippen LogP contribution in [0.2, 0.25) is 0 Å². The minimum Gasteiger partial charge on any atom is -0.347 e. The summed E-state index contributed by atoms with van der Waals surface area (Å²) in [6, 6.07) is 16.6. The number of amides is 2. The van der Waals surface area contributed by atoms with Crippen molar-refractivity contribution in [2.24, 2.45) is 0 Å². The van der Waals surface area contributed by atoms with Crippen LogP contribution in [0.3, 0.4) is 0 Å². The molecule has 0 radical (unpaired) electrons. The molecular formula is C24H20N8O2S. The smallest absolute Gasteiger partial charge is 0.270 e. The number of carbonyl (C=O) groups excluding carboxylic acids is 2. The van der Waals surface area contributed by atoms with Gasteiger partial charge in [0, 0.05) is 22.9 Å². The quantitative estimate of drug-likeness (QED) is 0.322. The standard InChI is InChI=1S/C24H20N8O2S/c1-14(15-6-8-16(9-7-15)22-29-31-32-30-22)28-24(34)20-10-19(26-13-27-20)23(33)25-11-17-12-35-21-5-3-2-4-18(17)21/h2-10,12-14H,11H2,1H3,(H,25,33)(H,28,34)(H,29,30,31,32)/t14-/m0/s1. The SMILES string of the molecule is C[C@H](NC(=O)c1cc(C(=O)NCc2csc3ccccc23)ncn1)c1ccc(-c2nn[nH]n2)cc1. The van der Waals surface area contributed by atoms with E-state index in [0.717, 1.165) is 26.8 Å². The molecule has 11 heteroatoms. The van der Waals surface area contributed by atoms with Crippen LogP contribution in [0.1, 0.15) is 45.1 Å². The van der Waals surface area contributed by atoms with Crippen molar-refractivity contribution in [2.45, 2.75) is 19.5 Å². The van der Waals surface area contributed by atoms with Gasteiger partial charge in [0.15, 0.2) is 0 Å². The number of hydrogen-bond acceptors (Lipinski definition) is 8. The van der Waals surface area contributed by atoms with Gasteiger partial charge in [-0.3, -0.25) is 9.59 Å². The van der Waals surface area contributed by atoms with Gasteiger partial charge in [-0.1, -0.05) is 42.5 Å². The van der Waals surface area contributed by atoms with E-state index in [4.69, 9.17) is 0 Å². The predicted octanol–water partition coefficient (Wildman–Crippen LogP) is 3.29. The Morgan fingerprint density at radius 3 is 2.57 bits per heavy atom. The Balaban J connectivity index is 1.22. The number of H-pyrrole nitrogens is 1. The molecule has 2 aromatic carbocycles. The van der Waals surface area contributed by atoms with Gasteiger partial charge in [0.1, 0.15) is 17.7 Å². The van der Waals surface area contributed by atoms with E-state index < -0.39 is 5.91 Å². The highest BCUT2D eigenvalue weighted by Gasteiger charge is 2.16. The predicted molar refractivity (Wildman–Crippen MR) is 131 cm³/mol. The monoisotopic (exact) mass is 484 g/mol. The summed E-state index contributed by atoms with van der Waals surface area (Å²) in [5, 5.41) is 22.8. The van der Waals surface area contributed by atoms with Crippen molar-refractivity contribution >= 4 is 33.2 Å². The second-order valence-electron chi connectivity index (χ2n) is 7.78. The maximum absolute atomic E-state index is 12.8. The first-order valence-electron chi connectivity index (χ1n) is 10.8. The van der Waals surface area contributed by atoms with Crippen molar-refractivity contribution in [3.8, 4) is 11.4 Å². The number of fused-ring (bicyclic) bond motifs is 1. The molecule has 3 aromatic heterocycles. The Bertz CT molecular complexity index is 1480. The molecule has 0 fully saturated rings. The molecule has 5 aromatic rings. The van der Waals surface area contributed by atoms with E-state index in [-0.39, 0.29) is 23.3 Å². The minimum atomic E-state index is -0.403. The zero-order valence-corrected chi connectivity index (χ0v) is 19.4. The van der Waals surface area contributed by atoms with Gasteiger partial charge in [-0.25, -0.2) is 9.97 Å². The topological polar surface area (TPSA) is 138 Å². The highest BCUT2D eigenvalue weighted by Crippen LogP contribution is 2.25. The van der Waals surface area contributed by atoms with Crippen LogP contribution in [-0.2, 0) is 6.54 Å². The summed E-state index contributed by atoms with van der Waals surface area (Å²) < 4.78 is 1.16. The zero-order valence-electron chi connectivity index (χ0n) is 18.6. The number of nitrogens with zero attached hydrogens (tertiary/aromatic N) is 5. The van der Waals surface area contributed by atoms with Gasteiger partial charge in [-0.2, -0.15) is 5.21 Å². The number of thiophene rings is 1. The molecular weight excluding hydrogens is 464 g/mol. The fraction of sp³-hybridized carbons (Fsp3) is 0.125. The second kappa shape index (κ2) is 9.77. The summed E-state index contributed by atoms with van der Waals surface area (Å²) in [5.74, 6) is -0.283. The third-order valence-corrected chi connectivity index (χ3v) is 6.51. The molecule has 0 saturated heterocycles. The van der Waals surface area contributed by atoms with E-state index in [1.165, 1.54) is 12.4 Å². The molecule has 10 nitrogen and oxygen atoms in total. The summed E-state index contributed by atoms with van der Waals surface area (Å²) in [6.45, 7) is 2.23. The number of nitrogens with one attached hydrogen (secondary N) is 3. The first-order chi connectivity index (χ1) is 17.1. The Hall–Kier alpha value is -4.51. The van der Waals surface area contributed by atoms with Crippen LogP contribution in [0.5, 0.6) is 0 Å². The number of carbonyl (C=O) groups is 2. The van der Waals surface area contributed by atoms with E-state index >= 15 is 0 Å². The summed E-state index contributed by atoms with van der Waals surface area (Å²) in [6.07, 6.45) is 1.22. The third-order valence-electron chi connectivity index (χ3n) is 5.49. The second-order valence-corrected chi connectivity index (χ2v) is 8.69. The Morgan fingerprint density at radius 2 is 1.80 bits per heavy atom. The molecule has 1 atom stereocenters. The van der Waals surface area contributed by atoms with Crippen LogP contribution >= 0.6 is 11.3 Å². The van der Waals surface area contributed by atoms with E-state index in [2.05, 4.69) is 41.2 Å². The Labute approximate surface area is 203 Å². The van der Waals surface area contributed by atoms with Crippen LogP contribution in [0, 0.1) is 0 Å². The highest BCUT2D eigenvalue weighted by atomic mass is 32.1. The number of tetrazole rings is 1. The van der Waals surface area contributed by atoms with Gasteiger partial charge in [-0.05, 0) is 40.1 Å². The van der Waals surface area contributed by atoms with Gasteiger partial charge in [0.2, 0.25) is 5.82 Å². The molecule has 0 spiro atoms. The minimum absolute atomic E-state index is 0.112. The number of rotatable bonds is 7. The first kappa shape index (κ1) is 22.3. The molecule has 3 N–H and O–H groups in total. The lowest BCUT2D eigenvalue weighted by Gasteiger charge is -2.14. The van der Waals surface area contributed by atoms with Gasteiger partial charge >= 0.3 is 0 Å². The number of benzene rings is 2. The van der Waals surface area contributed by atoms with Crippen molar-refractivity contribution in [3.63, 3.8) is 0 Å². The van der Waals surface area contributed by atoms with Crippen LogP contribution < -0.4 is 10.6 Å². The van der Waals surface area contributed by atoms with E-state index in [0.29, 0.717) is 12.4 Å². The van der Waals surface area contributed by atoms with E-state index in [9.17, 15) is 9.59 Å². The molecule has 0 aliphatic rings. The molecule has 2 amide bonds. The van der Waals surface area contributed by atoms with E-state index in [1.807, 2.05) is 60.8 Å². The normalized spacial score (nSPS) is 11.8. The summed E-state index contributed by atoms with van der Waals surface area (Å²) in [7, 11) is 0. The summed E-state index contributed by atoms with van der Waals surface area (Å²) in [5.41, 5.74) is 2.97. The van der Waals surface area contributed by atoms with E-state index in [1.54, 1.807) is 11.3 Å². The molecule has 0 aliphatic heterocycles. The molecule has 35 heavy (non-hydrogen) atoms. The molecule has 0 saturated carbocycles. The molecule has 174 valence electrons. The fourth-order valence-electron chi connectivity index (χ4n) is 3.60. The lowest BCUT2D eigenvalue weighted by atomic mass is 10.1. The van der Waals surface area contributed by atoms with Gasteiger partial charge < -0.3 is 10.6 Å².